The van der Waals surface area contributed by atoms with E-state index in [1.54, 1.807) is 22.9 Å². The summed E-state index contributed by atoms with van der Waals surface area (Å²) in [6.45, 7) is 10.2. The summed E-state index contributed by atoms with van der Waals surface area (Å²) in [5, 5.41) is 17.3. The van der Waals surface area contributed by atoms with Gasteiger partial charge in [-0.2, -0.15) is 0 Å². The van der Waals surface area contributed by atoms with Gasteiger partial charge < -0.3 is 5.11 Å². The van der Waals surface area contributed by atoms with Crippen LogP contribution in [-0.2, 0) is 6.54 Å². The van der Waals surface area contributed by atoms with Crippen LogP contribution in [0.2, 0.25) is 0 Å². The maximum atomic E-state index is 11.1. The molecule has 114 valence electrons. The molecule has 21 heavy (non-hydrogen) atoms. The zero-order valence-corrected chi connectivity index (χ0v) is 12.9. The molecule has 0 radical (unpaired) electrons. The maximum Gasteiger partial charge on any atom is 0.335 e. The second kappa shape index (κ2) is 6.22. The number of carboxylic acids is 1. The molecule has 0 unspecified atom stereocenters. The number of benzene rings is 1. The van der Waals surface area contributed by atoms with Gasteiger partial charge in [-0.1, -0.05) is 5.21 Å². The molecule has 0 bridgehead atoms. The fraction of sp³-hybridized carbons (Fsp3) is 0.533. The number of hydrogen-bond acceptors (Lipinski definition) is 4. The molecule has 0 aliphatic rings. The smallest absolute Gasteiger partial charge is 0.335 e. The lowest BCUT2D eigenvalue weighted by atomic mass is 10.2. The van der Waals surface area contributed by atoms with Crippen molar-refractivity contribution in [3.05, 3.63) is 23.8 Å². The third kappa shape index (κ3) is 3.39. The third-order valence-corrected chi connectivity index (χ3v) is 3.66. The standard InChI is InChI=1S/C15H22N4O2/c1-10(2)18(11(3)4)7-8-19-14-9-12(15(20)21)5-6-13(14)16-17-19/h5-6,9-11H,7-8H2,1-4H3,(H,20,21). The number of hydrogen-bond donors (Lipinski definition) is 1. The number of aromatic carboxylic acids is 1. The lowest BCUT2D eigenvalue weighted by molar-refractivity contribution is 0.0697. The van der Waals surface area contributed by atoms with Crippen molar-refractivity contribution in [2.75, 3.05) is 6.54 Å². The van der Waals surface area contributed by atoms with Crippen molar-refractivity contribution >= 4 is 17.0 Å². The molecular formula is C15H22N4O2. The van der Waals surface area contributed by atoms with Gasteiger partial charge in [-0.3, -0.25) is 4.90 Å². The Hall–Kier alpha value is -1.95. The largest absolute Gasteiger partial charge is 0.478 e. The quantitative estimate of drug-likeness (QED) is 0.883. The Morgan fingerprint density at radius 3 is 2.52 bits per heavy atom. The molecule has 0 saturated carbocycles. The Labute approximate surface area is 124 Å². The van der Waals surface area contributed by atoms with Gasteiger partial charge in [0, 0.05) is 18.6 Å². The number of nitrogens with zero attached hydrogens (tertiary/aromatic N) is 4. The molecule has 1 heterocycles. The van der Waals surface area contributed by atoms with Crippen LogP contribution in [0.3, 0.4) is 0 Å². The lowest BCUT2D eigenvalue weighted by Gasteiger charge is -2.30. The summed E-state index contributed by atoms with van der Waals surface area (Å²) in [6, 6.07) is 5.79. The van der Waals surface area contributed by atoms with Gasteiger partial charge in [0.2, 0.25) is 0 Å². The molecule has 0 aliphatic carbocycles. The first-order valence-electron chi connectivity index (χ1n) is 7.22. The predicted octanol–water partition coefficient (Wildman–Crippen LogP) is 2.25. The number of carboxylic acid groups (broad SMARTS) is 1. The third-order valence-electron chi connectivity index (χ3n) is 3.66. The molecule has 6 nitrogen and oxygen atoms in total. The van der Waals surface area contributed by atoms with Crippen LogP contribution in [0.5, 0.6) is 0 Å². The lowest BCUT2D eigenvalue weighted by Crippen LogP contribution is -2.39. The fourth-order valence-electron chi connectivity index (χ4n) is 2.59. The molecule has 0 saturated heterocycles. The van der Waals surface area contributed by atoms with Crippen molar-refractivity contribution in [3.63, 3.8) is 0 Å². The average molecular weight is 290 g/mol. The minimum atomic E-state index is -0.935. The van der Waals surface area contributed by atoms with Crippen LogP contribution in [0.4, 0.5) is 0 Å². The summed E-state index contributed by atoms with van der Waals surface area (Å²) in [5.41, 5.74) is 1.75. The van der Waals surface area contributed by atoms with Crippen LogP contribution >= 0.6 is 0 Å². The molecule has 1 aromatic heterocycles. The van der Waals surface area contributed by atoms with Crippen molar-refractivity contribution < 1.29 is 9.90 Å². The second-order valence-electron chi connectivity index (χ2n) is 5.75. The normalized spacial score (nSPS) is 12.0. The van der Waals surface area contributed by atoms with Crippen LogP contribution in [-0.4, -0.2) is 49.6 Å². The fourth-order valence-corrected chi connectivity index (χ4v) is 2.59. The van der Waals surface area contributed by atoms with Crippen molar-refractivity contribution in [3.8, 4) is 0 Å². The molecule has 0 spiro atoms. The van der Waals surface area contributed by atoms with E-state index in [-0.39, 0.29) is 5.56 Å². The minimum absolute atomic E-state index is 0.260. The van der Waals surface area contributed by atoms with Gasteiger partial charge in [-0.25, -0.2) is 9.48 Å². The molecule has 2 rings (SSSR count). The van der Waals surface area contributed by atoms with E-state index in [4.69, 9.17) is 5.11 Å². The van der Waals surface area contributed by atoms with Crippen LogP contribution in [0, 0.1) is 0 Å². The van der Waals surface area contributed by atoms with Crippen molar-refractivity contribution in [1.82, 2.24) is 19.9 Å². The van der Waals surface area contributed by atoms with Gasteiger partial charge in [-0.15, -0.1) is 5.10 Å². The average Bonchev–Trinajstić information content (AvgIpc) is 2.80. The van der Waals surface area contributed by atoms with Crippen LogP contribution in [0.15, 0.2) is 18.2 Å². The summed E-state index contributed by atoms with van der Waals surface area (Å²) >= 11 is 0. The van der Waals surface area contributed by atoms with Crippen molar-refractivity contribution in [1.29, 1.82) is 0 Å². The van der Waals surface area contributed by atoms with E-state index in [1.165, 1.54) is 0 Å². The van der Waals surface area contributed by atoms with Gasteiger partial charge >= 0.3 is 5.97 Å². The summed E-state index contributed by atoms with van der Waals surface area (Å²) < 4.78 is 1.78. The van der Waals surface area contributed by atoms with Gasteiger partial charge in [0.1, 0.15) is 5.52 Å². The second-order valence-corrected chi connectivity index (χ2v) is 5.75. The van der Waals surface area contributed by atoms with E-state index >= 15 is 0 Å². The van der Waals surface area contributed by atoms with Crippen molar-refractivity contribution in [2.45, 2.75) is 46.3 Å². The molecule has 0 amide bonds. The first kappa shape index (κ1) is 15.4. The highest BCUT2D eigenvalue weighted by molar-refractivity contribution is 5.92. The van der Waals surface area contributed by atoms with Crippen LogP contribution < -0.4 is 0 Å². The highest BCUT2D eigenvalue weighted by atomic mass is 16.4. The van der Waals surface area contributed by atoms with E-state index < -0.39 is 5.97 Å². The Bertz CT molecular complexity index is 626. The highest BCUT2D eigenvalue weighted by Crippen LogP contribution is 2.14. The summed E-state index contributed by atoms with van der Waals surface area (Å²) in [5.74, 6) is -0.935. The number of carbonyl (C=O) groups is 1. The summed E-state index contributed by atoms with van der Waals surface area (Å²) in [4.78, 5) is 13.4. The zero-order valence-electron chi connectivity index (χ0n) is 12.9. The molecular weight excluding hydrogens is 268 g/mol. The summed E-state index contributed by atoms with van der Waals surface area (Å²) in [6.07, 6.45) is 0. The SMILES string of the molecule is CC(C)N(CCn1nnc2ccc(C(=O)O)cc21)C(C)C. The monoisotopic (exact) mass is 290 g/mol. The first-order chi connectivity index (χ1) is 9.90. The van der Waals surface area contributed by atoms with Crippen molar-refractivity contribution in [2.24, 2.45) is 0 Å². The van der Waals surface area contributed by atoms with E-state index in [0.717, 1.165) is 17.6 Å². The van der Waals surface area contributed by atoms with Gasteiger partial charge in [0.15, 0.2) is 0 Å². The van der Waals surface area contributed by atoms with Gasteiger partial charge in [0.05, 0.1) is 17.6 Å². The number of aromatic nitrogens is 3. The molecule has 0 atom stereocenters. The Morgan fingerprint density at radius 1 is 1.29 bits per heavy atom. The highest BCUT2D eigenvalue weighted by Gasteiger charge is 2.15. The van der Waals surface area contributed by atoms with Crippen LogP contribution in [0.1, 0.15) is 38.1 Å². The van der Waals surface area contributed by atoms with Crippen LogP contribution in [0.25, 0.3) is 11.0 Å². The van der Waals surface area contributed by atoms with Gasteiger partial charge in [-0.05, 0) is 45.9 Å². The first-order valence-corrected chi connectivity index (χ1v) is 7.22. The molecule has 0 aliphatic heterocycles. The molecule has 6 heteroatoms. The Balaban J connectivity index is 2.22. The summed E-state index contributed by atoms with van der Waals surface area (Å²) in [7, 11) is 0. The molecule has 1 N–H and O–H groups in total. The minimum Gasteiger partial charge on any atom is -0.478 e. The molecule has 2 aromatic rings. The zero-order chi connectivity index (χ0) is 15.6. The van der Waals surface area contributed by atoms with Gasteiger partial charge in [0.25, 0.3) is 0 Å². The molecule has 1 aromatic carbocycles. The topological polar surface area (TPSA) is 71.2 Å². The van der Waals surface area contributed by atoms with E-state index in [9.17, 15) is 4.79 Å². The molecule has 0 fully saturated rings. The predicted molar refractivity (Wildman–Crippen MR) is 81.5 cm³/mol. The number of fused-ring (bicyclic) bond motifs is 1. The Morgan fingerprint density at radius 2 is 1.95 bits per heavy atom. The Kier molecular flexibility index (Phi) is 4.57. The van der Waals surface area contributed by atoms with E-state index in [1.807, 2.05) is 0 Å². The number of rotatable bonds is 6. The maximum absolute atomic E-state index is 11.1. The van der Waals surface area contributed by atoms with E-state index in [2.05, 4.69) is 42.9 Å². The van der Waals surface area contributed by atoms with E-state index in [0.29, 0.717) is 18.6 Å².